The summed E-state index contributed by atoms with van der Waals surface area (Å²) in [5.41, 5.74) is 6.11. The number of nitrogens with one attached hydrogen (secondary N) is 2. The van der Waals surface area contributed by atoms with Crippen LogP contribution in [0.2, 0.25) is 0 Å². The molecule has 0 aromatic heterocycles. The zero-order valence-electron chi connectivity index (χ0n) is 15.9. The van der Waals surface area contributed by atoms with Crippen molar-refractivity contribution in [3.8, 4) is 0 Å². The van der Waals surface area contributed by atoms with Crippen LogP contribution in [0.4, 0.5) is 0 Å². The monoisotopic (exact) mass is 394 g/mol. The first-order chi connectivity index (χ1) is 14.7. The van der Waals surface area contributed by atoms with E-state index >= 15 is 0 Å². The van der Waals surface area contributed by atoms with Crippen molar-refractivity contribution >= 4 is 45.8 Å². The average molecular weight is 394 g/mol. The van der Waals surface area contributed by atoms with Crippen molar-refractivity contribution < 1.29 is 9.59 Å². The summed E-state index contributed by atoms with van der Waals surface area (Å²) in [6.45, 7) is 0. The molecule has 0 fully saturated rings. The van der Waals surface area contributed by atoms with E-state index in [1.54, 1.807) is 0 Å². The van der Waals surface area contributed by atoms with Crippen LogP contribution in [-0.2, 0) is 9.59 Å². The Morgan fingerprint density at radius 1 is 0.567 bits per heavy atom. The lowest BCUT2D eigenvalue weighted by Gasteiger charge is -2.02. The van der Waals surface area contributed by atoms with Crippen molar-refractivity contribution in [3.05, 3.63) is 96.1 Å². The molecule has 0 unspecified atom stereocenters. The van der Waals surface area contributed by atoms with Gasteiger partial charge in [0.25, 0.3) is 0 Å². The Morgan fingerprint density at radius 3 is 1.43 bits per heavy atom. The van der Waals surface area contributed by atoms with Gasteiger partial charge in [0.05, 0.1) is 12.4 Å². The van der Waals surface area contributed by atoms with Gasteiger partial charge in [-0.25, -0.2) is 10.9 Å². The Kier molecular flexibility index (Phi) is 5.57. The second-order valence-electron chi connectivity index (χ2n) is 6.54. The van der Waals surface area contributed by atoms with Gasteiger partial charge in [-0.2, -0.15) is 10.2 Å². The molecular weight excluding hydrogens is 376 g/mol. The lowest BCUT2D eigenvalue weighted by atomic mass is 10.1. The molecule has 2 amide bonds. The number of hydrazone groups is 2. The van der Waals surface area contributed by atoms with E-state index in [0.717, 1.165) is 32.7 Å². The summed E-state index contributed by atoms with van der Waals surface area (Å²) in [7, 11) is 0. The van der Waals surface area contributed by atoms with Gasteiger partial charge in [0.2, 0.25) is 0 Å². The van der Waals surface area contributed by atoms with E-state index in [0.29, 0.717) is 0 Å². The van der Waals surface area contributed by atoms with Gasteiger partial charge in [0.1, 0.15) is 0 Å². The highest BCUT2D eigenvalue weighted by Crippen LogP contribution is 2.17. The Hall–Kier alpha value is -4.32. The molecule has 0 aliphatic carbocycles. The summed E-state index contributed by atoms with van der Waals surface area (Å²) in [5, 5.41) is 11.9. The number of benzene rings is 4. The molecule has 0 heterocycles. The molecule has 0 aliphatic rings. The molecule has 0 bridgehead atoms. The molecule has 0 saturated carbocycles. The summed E-state index contributed by atoms with van der Waals surface area (Å²) < 4.78 is 0. The van der Waals surface area contributed by atoms with E-state index in [2.05, 4.69) is 21.1 Å². The number of fused-ring (bicyclic) bond motifs is 2. The summed E-state index contributed by atoms with van der Waals surface area (Å²) in [6, 6.07) is 27.2. The maximum atomic E-state index is 11.9. The molecule has 4 aromatic carbocycles. The van der Waals surface area contributed by atoms with Crippen molar-refractivity contribution in [2.75, 3.05) is 0 Å². The van der Waals surface area contributed by atoms with E-state index in [4.69, 9.17) is 0 Å². The summed E-state index contributed by atoms with van der Waals surface area (Å²) in [6.07, 6.45) is 3.01. The zero-order valence-corrected chi connectivity index (χ0v) is 15.9. The predicted molar refractivity (Wildman–Crippen MR) is 119 cm³/mol. The van der Waals surface area contributed by atoms with Gasteiger partial charge in [-0.3, -0.25) is 9.59 Å². The highest BCUT2D eigenvalue weighted by molar-refractivity contribution is 6.35. The number of amides is 2. The standard InChI is InChI=1S/C24H18N4O2/c29-23(27-25-15-19-11-5-9-17-7-1-3-13-21(17)19)24(30)28-26-16-20-12-6-10-18-8-2-4-14-22(18)20/h1-16H,(H,27,29)(H,28,30)/b25-15-,26-16+. The van der Waals surface area contributed by atoms with E-state index in [1.165, 1.54) is 12.4 Å². The van der Waals surface area contributed by atoms with E-state index < -0.39 is 11.8 Å². The normalized spacial score (nSPS) is 11.3. The Balaban J connectivity index is 1.37. The van der Waals surface area contributed by atoms with Crippen LogP contribution in [0.1, 0.15) is 11.1 Å². The van der Waals surface area contributed by atoms with E-state index in [1.807, 2.05) is 84.9 Å². The van der Waals surface area contributed by atoms with Crippen LogP contribution in [0.3, 0.4) is 0 Å². The number of carbonyl (C=O) groups is 2. The third-order valence-corrected chi connectivity index (χ3v) is 4.59. The Morgan fingerprint density at radius 2 is 0.967 bits per heavy atom. The van der Waals surface area contributed by atoms with Crippen molar-refractivity contribution in [2.24, 2.45) is 10.2 Å². The summed E-state index contributed by atoms with van der Waals surface area (Å²) >= 11 is 0. The van der Waals surface area contributed by atoms with E-state index in [9.17, 15) is 9.59 Å². The fourth-order valence-corrected chi connectivity index (χ4v) is 3.15. The molecule has 4 aromatic rings. The average Bonchev–Trinajstić information content (AvgIpc) is 2.79. The van der Waals surface area contributed by atoms with Crippen LogP contribution in [0.5, 0.6) is 0 Å². The zero-order chi connectivity index (χ0) is 20.8. The number of nitrogens with zero attached hydrogens (tertiary/aromatic N) is 2. The second kappa shape index (κ2) is 8.79. The minimum absolute atomic E-state index is 0.836. The molecular formula is C24H18N4O2. The fraction of sp³-hybridized carbons (Fsp3) is 0. The molecule has 0 radical (unpaired) electrons. The number of hydrogen-bond acceptors (Lipinski definition) is 4. The Bertz CT molecular complexity index is 1180. The predicted octanol–water partition coefficient (Wildman–Crippen LogP) is 3.59. The van der Waals surface area contributed by atoms with Gasteiger partial charge in [-0.15, -0.1) is 0 Å². The van der Waals surface area contributed by atoms with Crippen molar-refractivity contribution in [1.82, 2.24) is 10.9 Å². The molecule has 0 saturated heterocycles. The minimum atomic E-state index is -0.901. The number of carbonyl (C=O) groups excluding carboxylic acids is 2. The minimum Gasteiger partial charge on any atom is -0.262 e. The van der Waals surface area contributed by atoms with Gasteiger partial charge >= 0.3 is 11.8 Å². The smallest absolute Gasteiger partial charge is 0.262 e. The highest BCUT2D eigenvalue weighted by atomic mass is 16.2. The fourth-order valence-electron chi connectivity index (χ4n) is 3.15. The summed E-state index contributed by atoms with van der Waals surface area (Å²) in [4.78, 5) is 23.9. The second-order valence-corrected chi connectivity index (χ2v) is 6.54. The van der Waals surface area contributed by atoms with Gasteiger partial charge in [-0.05, 0) is 21.5 Å². The highest BCUT2D eigenvalue weighted by Gasteiger charge is 2.11. The van der Waals surface area contributed by atoms with Crippen LogP contribution in [0, 0.1) is 0 Å². The first kappa shape index (κ1) is 19.0. The Labute approximate surface area is 172 Å². The largest absolute Gasteiger partial charge is 0.331 e. The lowest BCUT2D eigenvalue weighted by Crippen LogP contribution is -2.35. The molecule has 146 valence electrons. The topological polar surface area (TPSA) is 82.9 Å². The molecule has 0 spiro atoms. The van der Waals surface area contributed by atoms with Crippen molar-refractivity contribution in [2.45, 2.75) is 0 Å². The summed E-state index contributed by atoms with van der Waals surface area (Å²) in [5.74, 6) is -1.80. The third-order valence-electron chi connectivity index (χ3n) is 4.59. The lowest BCUT2D eigenvalue weighted by molar-refractivity contribution is -0.139. The number of hydrogen-bond donors (Lipinski definition) is 2. The van der Waals surface area contributed by atoms with Gasteiger partial charge in [-0.1, -0.05) is 84.9 Å². The first-order valence-electron chi connectivity index (χ1n) is 9.34. The van der Waals surface area contributed by atoms with Crippen LogP contribution < -0.4 is 10.9 Å². The molecule has 0 atom stereocenters. The van der Waals surface area contributed by atoms with Gasteiger partial charge in [0, 0.05) is 11.1 Å². The molecule has 2 N–H and O–H groups in total. The SMILES string of the molecule is O=C(N/N=C\c1cccc2ccccc12)C(=O)N/N=C/c1cccc2ccccc12. The van der Waals surface area contributed by atoms with Gasteiger partial charge in [0.15, 0.2) is 0 Å². The molecule has 30 heavy (non-hydrogen) atoms. The molecule has 6 heteroatoms. The van der Waals surface area contributed by atoms with Crippen LogP contribution >= 0.6 is 0 Å². The maximum absolute atomic E-state index is 11.9. The van der Waals surface area contributed by atoms with E-state index in [-0.39, 0.29) is 0 Å². The van der Waals surface area contributed by atoms with Crippen LogP contribution in [0.25, 0.3) is 21.5 Å². The van der Waals surface area contributed by atoms with Gasteiger partial charge < -0.3 is 0 Å². The molecule has 6 nitrogen and oxygen atoms in total. The van der Waals surface area contributed by atoms with Crippen LogP contribution in [-0.4, -0.2) is 24.2 Å². The molecule has 0 aliphatic heterocycles. The quantitative estimate of drug-likeness (QED) is 0.315. The van der Waals surface area contributed by atoms with Crippen LogP contribution in [0.15, 0.2) is 95.1 Å². The first-order valence-corrected chi connectivity index (χ1v) is 9.34. The molecule has 4 rings (SSSR count). The third kappa shape index (κ3) is 4.23. The maximum Gasteiger partial charge on any atom is 0.331 e. The van der Waals surface area contributed by atoms with Crippen molar-refractivity contribution in [1.29, 1.82) is 0 Å². The number of rotatable bonds is 4. The van der Waals surface area contributed by atoms with Crippen molar-refractivity contribution in [3.63, 3.8) is 0 Å².